The van der Waals surface area contributed by atoms with E-state index in [0.29, 0.717) is 43.0 Å². The van der Waals surface area contributed by atoms with Crippen LogP contribution in [0.1, 0.15) is 27.9 Å². The zero-order valence-electron chi connectivity index (χ0n) is 17.0. The smallest absolute Gasteiger partial charge is 0.254 e. The Morgan fingerprint density at radius 1 is 1.17 bits per heavy atom. The summed E-state index contributed by atoms with van der Waals surface area (Å²) < 4.78 is 10.8. The summed E-state index contributed by atoms with van der Waals surface area (Å²) in [5.41, 5.74) is 3.72. The number of ether oxygens (including phenoxy) is 2. The number of carbonyl (C=O) groups is 1. The molecule has 1 amide bonds. The number of nitriles is 2. The van der Waals surface area contributed by atoms with Crippen molar-refractivity contribution in [1.29, 1.82) is 10.5 Å². The molecule has 2 aromatic carbocycles. The quantitative estimate of drug-likeness (QED) is 0.715. The average molecular weight is 402 g/mol. The van der Waals surface area contributed by atoms with E-state index in [1.807, 2.05) is 29.2 Å². The van der Waals surface area contributed by atoms with Crippen molar-refractivity contribution in [3.05, 3.63) is 53.1 Å². The van der Waals surface area contributed by atoms with E-state index in [1.165, 1.54) is 0 Å². The van der Waals surface area contributed by atoms with E-state index in [0.717, 1.165) is 16.7 Å². The van der Waals surface area contributed by atoms with Gasteiger partial charge in [0.25, 0.3) is 5.91 Å². The second-order valence-corrected chi connectivity index (χ2v) is 7.59. The number of carbonyl (C=O) groups excluding carboxylic acids is 1. The first-order valence-corrected chi connectivity index (χ1v) is 9.77. The van der Waals surface area contributed by atoms with Gasteiger partial charge in [-0.25, -0.2) is 0 Å². The van der Waals surface area contributed by atoms with Gasteiger partial charge in [0.15, 0.2) is 6.19 Å². The lowest BCUT2D eigenvalue weighted by atomic mass is 9.98. The molecule has 0 aliphatic carbocycles. The Morgan fingerprint density at radius 2 is 2.00 bits per heavy atom. The second kappa shape index (κ2) is 8.06. The normalized spacial score (nSPS) is 20.1. The molecular formula is C23H22N4O3. The molecule has 0 saturated carbocycles. The number of methoxy groups -OCH3 is 2. The summed E-state index contributed by atoms with van der Waals surface area (Å²) in [4.78, 5) is 16.8. The molecule has 2 heterocycles. The highest BCUT2D eigenvalue weighted by atomic mass is 16.5. The number of rotatable bonds is 5. The highest BCUT2D eigenvalue weighted by Gasteiger charge is 2.40. The summed E-state index contributed by atoms with van der Waals surface area (Å²) in [6.45, 7) is 1.47. The van der Waals surface area contributed by atoms with E-state index in [-0.39, 0.29) is 18.0 Å². The maximum atomic E-state index is 13.2. The number of benzene rings is 2. The fourth-order valence-corrected chi connectivity index (χ4v) is 4.40. The van der Waals surface area contributed by atoms with E-state index in [4.69, 9.17) is 9.47 Å². The number of likely N-dealkylation sites (tertiary alicyclic amines) is 1. The summed E-state index contributed by atoms with van der Waals surface area (Å²) in [6, 6.07) is 13.1. The third-order valence-corrected chi connectivity index (χ3v) is 5.88. The molecule has 0 radical (unpaired) electrons. The Hall–Kier alpha value is -3.55. The highest BCUT2D eigenvalue weighted by Crippen LogP contribution is 2.38. The summed E-state index contributed by atoms with van der Waals surface area (Å²) in [5, 5.41) is 18.6. The lowest BCUT2D eigenvalue weighted by Crippen LogP contribution is -2.37. The maximum absolute atomic E-state index is 13.2. The molecule has 2 aromatic rings. The third-order valence-electron chi connectivity index (χ3n) is 5.88. The van der Waals surface area contributed by atoms with Crippen LogP contribution >= 0.6 is 0 Å². The number of hydrogen-bond acceptors (Lipinski definition) is 6. The van der Waals surface area contributed by atoms with Crippen LogP contribution in [-0.2, 0) is 11.3 Å². The van der Waals surface area contributed by atoms with E-state index in [9.17, 15) is 15.3 Å². The van der Waals surface area contributed by atoms with Gasteiger partial charge in [0.2, 0.25) is 0 Å². The van der Waals surface area contributed by atoms with E-state index in [1.54, 1.807) is 31.3 Å². The lowest BCUT2D eigenvalue weighted by molar-refractivity contribution is 0.0710. The molecule has 2 aliphatic heterocycles. The first-order valence-electron chi connectivity index (χ1n) is 9.77. The predicted octanol–water partition coefficient (Wildman–Crippen LogP) is 2.76. The van der Waals surface area contributed by atoms with Crippen LogP contribution in [0.25, 0.3) is 11.1 Å². The van der Waals surface area contributed by atoms with E-state index < -0.39 is 0 Å². The van der Waals surface area contributed by atoms with Crippen LogP contribution in [0.4, 0.5) is 0 Å². The summed E-state index contributed by atoms with van der Waals surface area (Å²) in [7, 11) is 3.22. The molecule has 152 valence electrons. The van der Waals surface area contributed by atoms with Crippen molar-refractivity contribution in [2.45, 2.75) is 25.0 Å². The molecule has 0 unspecified atom stereocenters. The number of fused-ring (bicyclic) bond motifs is 1. The monoisotopic (exact) mass is 402 g/mol. The van der Waals surface area contributed by atoms with Crippen LogP contribution in [-0.4, -0.2) is 55.2 Å². The van der Waals surface area contributed by atoms with Gasteiger partial charge >= 0.3 is 0 Å². The topological polar surface area (TPSA) is 89.6 Å². The molecule has 30 heavy (non-hydrogen) atoms. The van der Waals surface area contributed by atoms with Gasteiger partial charge in [0.05, 0.1) is 37.4 Å². The molecule has 1 fully saturated rings. The number of nitrogens with zero attached hydrogens (tertiary/aromatic N) is 4. The van der Waals surface area contributed by atoms with Crippen LogP contribution in [0.15, 0.2) is 36.4 Å². The lowest BCUT2D eigenvalue weighted by Gasteiger charge is -2.23. The summed E-state index contributed by atoms with van der Waals surface area (Å²) in [6.07, 6.45) is 2.92. The van der Waals surface area contributed by atoms with Crippen molar-refractivity contribution >= 4 is 5.91 Å². The molecule has 7 nitrogen and oxygen atoms in total. The Kier molecular flexibility index (Phi) is 5.31. The first-order chi connectivity index (χ1) is 14.6. The minimum Gasteiger partial charge on any atom is -0.496 e. The number of hydrogen-bond donors (Lipinski definition) is 0. The van der Waals surface area contributed by atoms with Crippen molar-refractivity contribution in [2.75, 3.05) is 27.4 Å². The average Bonchev–Trinajstić information content (AvgIpc) is 3.33. The predicted molar refractivity (Wildman–Crippen MR) is 109 cm³/mol. The second-order valence-electron chi connectivity index (χ2n) is 7.59. The third kappa shape index (κ3) is 3.34. The van der Waals surface area contributed by atoms with Gasteiger partial charge in [-0.1, -0.05) is 12.1 Å². The van der Waals surface area contributed by atoms with Gasteiger partial charge in [-0.05, 0) is 41.8 Å². The molecule has 0 spiro atoms. The molecular weight excluding hydrogens is 380 g/mol. The largest absolute Gasteiger partial charge is 0.496 e. The Bertz CT molecular complexity index is 1070. The molecule has 2 atom stereocenters. The minimum atomic E-state index is -0.0407. The van der Waals surface area contributed by atoms with Gasteiger partial charge in [-0.3, -0.25) is 4.79 Å². The fourth-order valence-electron chi connectivity index (χ4n) is 4.40. The van der Waals surface area contributed by atoms with Gasteiger partial charge in [-0.15, -0.1) is 0 Å². The van der Waals surface area contributed by atoms with Gasteiger partial charge in [-0.2, -0.15) is 10.5 Å². The van der Waals surface area contributed by atoms with Crippen LogP contribution in [0.5, 0.6) is 5.75 Å². The molecule has 0 bridgehead atoms. The van der Waals surface area contributed by atoms with Crippen LogP contribution in [0.3, 0.4) is 0 Å². The van der Waals surface area contributed by atoms with Gasteiger partial charge in [0, 0.05) is 31.3 Å². The van der Waals surface area contributed by atoms with E-state index in [2.05, 4.69) is 12.3 Å². The van der Waals surface area contributed by atoms with Gasteiger partial charge in [0.1, 0.15) is 5.75 Å². The van der Waals surface area contributed by atoms with Crippen LogP contribution in [0, 0.1) is 22.8 Å². The van der Waals surface area contributed by atoms with Crippen LogP contribution in [0.2, 0.25) is 0 Å². The summed E-state index contributed by atoms with van der Waals surface area (Å²) in [5.74, 6) is 0.632. The Labute approximate surface area is 175 Å². The Balaban J connectivity index is 1.66. The highest BCUT2D eigenvalue weighted by molar-refractivity contribution is 6.00. The molecule has 1 saturated heterocycles. The molecule has 4 rings (SSSR count). The Morgan fingerprint density at radius 3 is 2.70 bits per heavy atom. The molecule has 0 N–H and O–H groups in total. The van der Waals surface area contributed by atoms with Gasteiger partial charge < -0.3 is 19.3 Å². The zero-order valence-corrected chi connectivity index (χ0v) is 17.0. The van der Waals surface area contributed by atoms with Crippen molar-refractivity contribution in [3.63, 3.8) is 0 Å². The van der Waals surface area contributed by atoms with Crippen LogP contribution < -0.4 is 4.74 Å². The molecule has 0 aromatic heterocycles. The molecule has 7 heteroatoms. The van der Waals surface area contributed by atoms with Crippen molar-refractivity contribution in [2.24, 2.45) is 0 Å². The van der Waals surface area contributed by atoms with Crippen molar-refractivity contribution < 1.29 is 14.3 Å². The van der Waals surface area contributed by atoms with E-state index >= 15 is 0 Å². The standard InChI is InChI=1S/C23H22N4O3/c1-29-13-19-8-18(12-26(19)14-25)27-11-17-7-22(30-2)20(9-21(17)23(27)28)16-5-3-4-15(6-16)10-24/h3-7,9,18-19H,8,11-13H2,1-2H3/t18-,19+/m1/s1. The van der Waals surface area contributed by atoms with Crippen molar-refractivity contribution in [3.8, 4) is 29.1 Å². The maximum Gasteiger partial charge on any atom is 0.254 e. The fraction of sp³-hybridized carbons (Fsp3) is 0.348. The summed E-state index contributed by atoms with van der Waals surface area (Å²) >= 11 is 0. The van der Waals surface area contributed by atoms with Crippen molar-refractivity contribution in [1.82, 2.24) is 9.80 Å². The zero-order chi connectivity index (χ0) is 21.3. The first kappa shape index (κ1) is 19.8. The SMILES string of the molecule is COC[C@@H]1C[C@@H](N2Cc3cc(OC)c(-c4cccc(C#N)c4)cc3C2=O)CN1C#N. The molecule has 2 aliphatic rings. The minimum absolute atomic E-state index is 0.0136. The number of amides is 1.